The summed E-state index contributed by atoms with van der Waals surface area (Å²) in [6.45, 7) is 6.17. The predicted molar refractivity (Wildman–Crippen MR) is 89.6 cm³/mol. The predicted octanol–water partition coefficient (Wildman–Crippen LogP) is 3.25. The summed E-state index contributed by atoms with van der Waals surface area (Å²) in [6.07, 6.45) is 2.76. The number of nitrogens with zero attached hydrogens (tertiary/aromatic N) is 1. The largest absolute Gasteiger partial charge is 0.304 e. The van der Waals surface area contributed by atoms with Crippen LogP contribution < -0.4 is 4.90 Å². The van der Waals surface area contributed by atoms with E-state index in [1.165, 1.54) is 11.0 Å². The highest BCUT2D eigenvalue weighted by molar-refractivity contribution is 7.94. The third-order valence-corrected chi connectivity index (χ3v) is 5.19. The van der Waals surface area contributed by atoms with Gasteiger partial charge < -0.3 is 4.90 Å². The number of carbonyl (C=O) groups excluding carboxylic acids is 1. The highest BCUT2D eigenvalue weighted by Crippen LogP contribution is 2.26. The number of hydrogen-bond donors (Lipinski definition) is 0. The van der Waals surface area contributed by atoms with Crippen molar-refractivity contribution in [3.63, 3.8) is 0 Å². The van der Waals surface area contributed by atoms with Crippen molar-refractivity contribution in [2.75, 3.05) is 10.7 Å². The molecule has 0 fully saturated rings. The summed E-state index contributed by atoms with van der Waals surface area (Å²) in [5, 5.41) is 1.21. The topological polar surface area (TPSA) is 54.5 Å². The zero-order chi connectivity index (χ0) is 16.3. The Balaban J connectivity index is 2.32. The molecule has 120 valence electrons. The fourth-order valence-corrected chi connectivity index (χ4v) is 3.86. The summed E-state index contributed by atoms with van der Waals surface area (Å²) in [6, 6.07) is 7.40. The molecule has 0 aliphatic carbocycles. The van der Waals surface area contributed by atoms with Crippen LogP contribution in [0.2, 0.25) is 0 Å². The van der Waals surface area contributed by atoms with E-state index in [2.05, 4.69) is 13.8 Å². The van der Waals surface area contributed by atoms with Gasteiger partial charge in [0, 0.05) is 17.5 Å². The maximum Gasteiger partial charge on any atom is 0.227 e. The van der Waals surface area contributed by atoms with Crippen LogP contribution in [0, 0.1) is 0 Å². The van der Waals surface area contributed by atoms with Crippen LogP contribution in [0.3, 0.4) is 0 Å². The van der Waals surface area contributed by atoms with Gasteiger partial charge >= 0.3 is 0 Å². The Bertz CT molecular complexity index is 660. The minimum Gasteiger partial charge on any atom is -0.304 e. The van der Waals surface area contributed by atoms with Gasteiger partial charge in [-0.25, -0.2) is 8.42 Å². The van der Waals surface area contributed by atoms with E-state index in [9.17, 15) is 13.2 Å². The molecule has 0 saturated heterocycles. The molecule has 1 atom stereocenters. The first-order chi connectivity index (χ1) is 10.3. The molecule has 4 nitrogen and oxygen atoms in total. The highest BCUT2D eigenvalue weighted by atomic mass is 32.2. The molecule has 1 aliphatic heterocycles. The lowest BCUT2D eigenvalue weighted by Gasteiger charge is -2.28. The summed E-state index contributed by atoms with van der Waals surface area (Å²) in [7, 11) is -3.19. The van der Waals surface area contributed by atoms with Gasteiger partial charge in [-0.1, -0.05) is 32.9 Å². The van der Waals surface area contributed by atoms with Gasteiger partial charge in [0.15, 0.2) is 9.84 Å². The van der Waals surface area contributed by atoms with Crippen molar-refractivity contribution in [1.29, 1.82) is 0 Å². The number of rotatable bonds is 5. The summed E-state index contributed by atoms with van der Waals surface area (Å²) in [5.74, 6) is 0.348. The van der Waals surface area contributed by atoms with Gasteiger partial charge in [-0.15, -0.1) is 0 Å². The van der Waals surface area contributed by atoms with Gasteiger partial charge in [0.1, 0.15) is 0 Å². The number of amides is 1. The SMILES string of the molecule is CCCC(=O)N(c1ccc(C(C)C)cc1)C1C=CS(=O)(=O)C1. The summed E-state index contributed by atoms with van der Waals surface area (Å²) < 4.78 is 23.4. The van der Waals surface area contributed by atoms with E-state index >= 15 is 0 Å². The van der Waals surface area contributed by atoms with Gasteiger partial charge in [-0.05, 0) is 36.1 Å². The molecule has 0 radical (unpaired) electrons. The molecule has 0 aromatic heterocycles. The van der Waals surface area contributed by atoms with Crippen LogP contribution in [0.25, 0.3) is 0 Å². The first-order valence-corrected chi connectivity index (χ1v) is 9.38. The van der Waals surface area contributed by atoms with Crippen LogP contribution in [0.4, 0.5) is 5.69 Å². The van der Waals surface area contributed by atoms with Crippen LogP contribution in [0.1, 0.15) is 45.1 Å². The first-order valence-electron chi connectivity index (χ1n) is 7.67. The highest BCUT2D eigenvalue weighted by Gasteiger charge is 2.30. The molecule has 2 rings (SSSR count). The van der Waals surface area contributed by atoms with E-state index in [4.69, 9.17) is 0 Å². The van der Waals surface area contributed by atoms with E-state index in [0.29, 0.717) is 12.3 Å². The number of hydrogen-bond acceptors (Lipinski definition) is 3. The zero-order valence-electron chi connectivity index (χ0n) is 13.3. The summed E-state index contributed by atoms with van der Waals surface area (Å²) in [4.78, 5) is 14.1. The molecule has 5 heteroatoms. The molecule has 1 heterocycles. The number of benzene rings is 1. The van der Waals surface area contributed by atoms with Gasteiger partial charge in [-0.2, -0.15) is 0 Å². The van der Waals surface area contributed by atoms with Crippen molar-refractivity contribution in [3.8, 4) is 0 Å². The lowest BCUT2D eigenvalue weighted by Crippen LogP contribution is -2.41. The van der Waals surface area contributed by atoms with Crippen LogP contribution in [0.5, 0.6) is 0 Å². The molecule has 22 heavy (non-hydrogen) atoms. The molecule has 0 saturated carbocycles. The third-order valence-electron chi connectivity index (χ3n) is 3.81. The second-order valence-corrected chi connectivity index (χ2v) is 7.92. The Morgan fingerprint density at radius 3 is 2.36 bits per heavy atom. The molecule has 1 amide bonds. The summed E-state index contributed by atoms with van der Waals surface area (Å²) >= 11 is 0. The molecule has 1 aromatic rings. The Kier molecular flexibility index (Phi) is 5.06. The quantitative estimate of drug-likeness (QED) is 0.836. The van der Waals surface area contributed by atoms with E-state index in [0.717, 1.165) is 12.1 Å². The van der Waals surface area contributed by atoms with E-state index in [1.807, 2.05) is 31.2 Å². The average molecular weight is 321 g/mol. The second kappa shape index (κ2) is 6.65. The fraction of sp³-hybridized carbons (Fsp3) is 0.471. The van der Waals surface area contributed by atoms with Crippen molar-refractivity contribution in [3.05, 3.63) is 41.3 Å². The molecule has 1 unspecified atom stereocenters. The van der Waals surface area contributed by atoms with Crippen molar-refractivity contribution in [1.82, 2.24) is 0 Å². The van der Waals surface area contributed by atoms with Crippen molar-refractivity contribution in [2.24, 2.45) is 0 Å². The maximum absolute atomic E-state index is 12.5. The lowest BCUT2D eigenvalue weighted by molar-refractivity contribution is -0.118. The van der Waals surface area contributed by atoms with Crippen LogP contribution in [-0.2, 0) is 14.6 Å². The lowest BCUT2D eigenvalue weighted by atomic mass is 10.0. The van der Waals surface area contributed by atoms with Gasteiger partial charge in [0.25, 0.3) is 0 Å². The van der Waals surface area contributed by atoms with Gasteiger partial charge in [0.2, 0.25) is 5.91 Å². The molecule has 0 spiro atoms. The van der Waals surface area contributed by atoms with Crippen molar-refractivity contribution in [2.45, 2.75) is 45.6 Å². The van der Waals surface area contributed by atoms with E-state index in [1.54, 1.807) is 11.0 Å². The molecular weight excluding hydrogens is 298 g/mol. The monoisotopic (exact) mass is 321 g/mol. The Labute approximate surface area is 132 Å². The second-order valence-electron chi connectivity index (χ2n) is 5.99. The molecule has 0 bridgehead atoms. The minimum atomic E-state index is -3.19. The van der Waals surface area contributed by atoms with Gasteiger partial charge in [-0.3, -0.25) is 4.79 Å². The van der Waals surface area contributed by atoms with Gasteiger partial charge in [0.05, 0.1) is 11.8 Å². The van der Waals surface area contributed by atoms with Crippen LogP contribution >= 0.6 is 0 Å². The number of carbonyl (C=O) groups is 1. The smallest absolute Gasteiger partial charge is 0.227 e. The Hall–Kier alpha value is -1.62. The maximum atomic E-state index is 12.5. The van der Waals surface area contributed by atoms with E-state index in [-0.39, 0.29) is 11.7 Å². The fourth-order valence-electron chi connectivity index (χ4n) is 2.59. The first kappa shape index (κ1) is 16.7. The number of anilines is 1. The Morgan fingerprint density at radius 2 is 1.91 bits per heavy atom. The number of sulfone groups is 1. The standard InChI is InChI=1S/C17H23NO3S/c1-4-5-17(19)18(16-10-11-22(20,21)12-16)15-8-6-14(7-9-15)13(2)3/h6-11,13,16H,4-5,12H2,1-3H3. The molecular formula is C17H23NO3S. The zero-order valence-corrected chi connectivity index (χ0v) is 14.1. The minimum absolute atomic E-state index is 0.0333. The van der Waals surface area contributed by atoms with Crippen LogP contribution in [0.15, 0.2) is 35.7 Å². The van der Waals surface area contributed by atoms with Crippen molar-refractivity contribution < 1.29 is 13.2 Å². The summed E-state index contributed by atoms with van der Waals surface area (Å²) in [5.41, 5.74) is 1.95. The third kappa shape index (κ3) is 3.77. The van der Waals surface area contributed by atoms with E-state index < -0.39 is 15.9 Å². The Morgan fingerprint density at radius 1 is 1.27 bits per heavy atom. The van der Waals surface area contributed by atoms with Crippen LogP contribution in [-0.4, -0.2) is 26.1 Å². The van der Waals surface area contributed by atoms with Crippen molar-refractivity contribution >= 4 is 21.4 Å². The molecule has 1 aliphatic rings. The molecule has 1 aromatic carbocycles. The molecule has 0 N–H and O–H groups in total. The average Bonchev–Trinajstić information content (AvgIpc) is 2.80. The normalized spacial score (nSPS) is 19.5.